The SMILES string of the molecule is CN(C)c1ccc(NC(=O)Cc2ccc(N)cn2)cn1. The molecule has 20 heavy (non-hydrogen) atoms. The third-order valence-electron chi connectivity index (χ3n) is 2.68. The molecule has 0 spiro atoms. The van der Waals surface area contributed by atoms with Gasteiger partial charge in [-0.25, -0.2) is 4.98 Å². The molecular formula is C14H17N5O. The van der Waals surface area contributed by atoms with Gasteiger partial charge in [-0.2, -0.15) is 0 Å². The van der Waals surface area contributed by atoms with Gasteiger partial charge in [0.05, 0.1) is 30.2 Å². The highest BCUT2D eigenvalue weighted by atomic mass is 16.1. The molecule has 6 heteroatoms. The zero-order valence-electron chi connectivity index (χ0n) is 11.5. The van der Waals surface area contributed by atoms with Crippen molar-refractivity contribution in [1.29, 1.82) is 0 Å². The van der Waals surface area contributed by atoms with Gasteiger partial charge in [0.2, 0.25) is 5.91 Å². The van der Waals surface area contributed by atoms with Crippen LogP contribution in [0.1, 0.15) is 5.69 Å². The minimum atomic E-state index is -0.137. The van der Waals surface area contributed by atoms with Gasteiger partial charge in [-0.05, 0) is 24.3 Å². The van der Waals surface area contributed by atoms with Crippen molar-refractivity contribution in [3.63, 3.8) is 0 Å². The van der Waals surface area contributed by atoms with Gasteiger partial charge in [0.25, 0.3) is 0 Å². The fourth-order valence-electron chi connectivity index (χ4n) is 1.63. The number of nitrogens with one attached hydrogen (secondary N) is 1. The number of nitrogen functional groups attached to an aromatic ring is 1. The number of carbonyl (C=O) groups excluding carboxylic acids is 1. The van der Waals surface area contributed by atoms with E-state index in [2.05, 4.69) is 15.3 Å². The molecule has 6 nitrogen and oxygen atoms in total. The number of pyridine rings is 2. The van der Waals surface area contributed by atoms with E-state index in [0.29, 0.717) is 17.1 Å². The molecule has 0 bridgehead atoms. The molecule has 0 fully saturated rings. The molecule has 0 aliphatic carbocycles. The Labute approximate surface area is 117 Å². The minimum Gasteiger partial charge on any atom is -0.397 e. The maximum absolute atomic E-state index is 11.9. The number of amides is 1. The van der Waals surface area contributed by atoms with Gasteiger partial charge in [-0.3, -0.25) is 9.78 Å². The van der Waals surface area contributed by atoms with Crippen LogP contribution in [0, 0.1) is 0 Å². The molecule has 2 aromatic rings. The molecule has 2 rings (SSSR count). The molecule has 0 unspecified atom stereocenters. The fourth-order valence-corrected chi connectivity index (χ4v) is 1.63. The molecule has 0 radical (unpaired) electrons. The second kappa shape index (κ2) is 6.01. The van der Waals surface area contributed by atoms with Crippen LogP contribution in [0.15, 0.2) is 36.7 Å². The standard InChI is InChI=1S/C14H17N5O/c1-19(2)13-6-5-12(9-17-13)18-14(20)7-11-4-3-10(15)8-16-11/h3-6,8-9H,7,15H2,1-2H3,(H,18,20). The van der Waals surface area contributed by atoms with Crippen molar-refractivity contribution in [3.8, 4) is 0 Å². The first-order chi connectivity index (χ1) is 9.54. The van der Waals surface area contributed by atoms with Gasteiger partial charge in [0.15, 0.2) is 0 Å². The van der Waals surface area contributed by atoms with E-state index >= 15 is 0 Å². The summed E-state index contributed by atoms with van der Waals surface area (Å²) in [5.74, 6) is 0.699. The number of aromatic nitrogens is 2. The zero-order valence-corrected chi connectivity index (χ0v) is 11.5. The van der Waals surface area contributed by atoms with Crippen LogP contribution < -0.4 is 16.0 Å². The third kappa shape index (κ3) is 3.68. The Morgan fingerprint density at radius 3 is 2.55 bits per heavy atom. The molecule has 0 aliphatic heterocycles. The molecular weight excluding hydrogens is 254 g/mol. The predicted octanol–water partition coefficient (Wildman–Crippen LogP) is 1.31. The van der Waals surface area contributed by atoms with E-state index in [1.54, 1.807) is 18.3 Å². The number of carbonyl (C=O) groups is 1. The van der Waals surface area contributed by atoms with Crippen molar-refractivity contribution in [1.82, 2.24) is 9.97 Å². The fraction of sp³-hybridized carbons (Fsp3) is 0.214. The first-order valence-corrected chi connectivity index (χ1v) is 6.18. The van der Waals surface area contributed by atoms with Crippen molar-refractivity contribution in [2.24, 2.45) is 0 Å². The topological polar surface area (TPSA) is 84.1 Å². The Hall–Kier alpha value is -2.63. The average Bonchev–Trinajstić information content (AvgIpc) is 2.42. The number of hydrogen-bond donors (Lipinski definition) is 2. The van der Waals surface area contributed by atoms with Crippen molar-refractivity contribution < 1.29 is 4.79 Å². The van der Waals surface area contributed by atoms with E-state index in [9.17, 15) is 4.79 Å². The van der Waals surface area contributed by atoms with Gasteiger partial charge < -0.3 is 16.0 Å². The molecule has 104 valence electrons. The van der Waals surface area contributed by atoms with Gasteiger partial charge >= 0.3 is 0 Å². The Morgan fingerprint density at radius 2 is 2.00 bits per heavy atom. The molecule has 0 atom stereocenters. The second-order valence-electron chi connectivity index (χ2n) is 4.61. The summed E-state index contributed by atoms with van der Waals surface area (Å²) in [5, 5.41) is 2.78. The van der Waals surface area contributed by atoms with E-state index in [0.717, 1.165) is 5.82 Å². The number of rotatable bonds is 4. The van der Waals surface area contributed by atoms with Crippen molar-refractivity contribution in [2.75, 3.05) is 30.0 Å². The Bertz CT molecular complexity index is 578. The summed E-state index contributed by atoms with van der Waals surface area (Å²) in [6, 6.07) is 7.12. The summed E-state index contributed by atoms with van der Waals surface area (Å²) in [5.41, 5.74) is 7.46. The summed E-state index contributed by atoms with van der Waals surface area (Å²) in [6.07, 6.45) is 3.37. The van der Waals surface area contributed by atoms with Gasteiger partial charge in [0, 0.05) is 19.8 Å². The van der Waals surface area contributed by atoms with E-state index in [-0.39, 0.29) is 12.3 Å². The van der Waals surface area contributed by atoms with Crippen LogP contribution in [0.25, 0.3) is 0 Å². The van der Waals surface area contributed by atoms with Crippen LogP contribution in [-0.2, 0) is 11.2 Å². The lowest BCUT2D eigenvalue weighted by atomic mass is 10.2. The van der Waals surface area contributed by atoms with Crippen molar-refractivity contribution in [3.05, 3.63) is 42.4 Å². The highest BCUT2D eigenvalue weighted by Gasteiger charge is 2.06. The minimum absolute atomic E-state index is 0.137. The zero-order chi connectivity index (χ0) is 14.5. The summed E-state index contributed by atoms with van der Waals surface area (Å²) >= 11 is 0. The van der Waals surface area contributed by atoms with E-state index in [1.165, 1.54) is 6.20 Å². The predicted molar refractivity (Wildman–Crippen MR) is 79.5 cm³/mol. The van der Waals surface area contributed by atoms with Crippen LogP contribution in [0.4, 0.5) is 17.2 Å². The smallest absolute Gasteiger partial charge is 0.230 e. The molecule has 0 saturated carbocycles. The Balaban J connectivity index is 1.95. The first-order valence-electron chi connectivity index (χ1n) is 6.18. The highest BCUT2D eigenvalue weighted by Crippen LogP contribution is 2.12. The molecule has 2 heterocycles. The highest BCUT2D eigenvalue weighted by molar-refractivity contribution is 5.91. The monoisotopic (exact) mass is 271 g/mol. The first kappa shape index (κ1) is 13.8. The van der Waals surface area contributed by atoms with Crippen LogP contribution in [-0.4, -0.2) is 30.0 Å². The Kier molecular flexibility index (Phi) is 4.14. The summed E-state index contributed by atoms with van der Waals surface area (Å²) in [6.45, 7) is 0. The summed E-state index contributed by atoms with van der Waals surface area (Å²) in [7, 11) is 3.82. The van der Waals surface area contributed by atoms with E-state index in [4.69, 9.17) is 5.73 Å². The lowest BCUT2D eigenvalue weighted by Crippen LogP contribution is -2.16. The Morgan fingerprint density at radius 1 is 1.20 bits per heavy atom. The van der Waals surface area contributed by atoms with E-state index < -0.39 is 0 Å². The maximum atomic E-state index is 11.9. The number of nitrogens with two attached hydrogens (primary N) is 1. The van der Waals surface area contributed by atoms with E-state index in [1.807, 2.05) is 31.1 Å². The third-order valence-corrected chi connectivity index (χ3v) is 2.68. The van der Waals surface area contributed by atoms with Crippen LogP contribution in [0.2, 0.25) is 0 Å². The number of anilines is 3. The van der Waals surface area contributed by atoms with Crippen molar-refractivity contribution >= 4 is 23.1 Å². The van der Waals surface area contributed by atoms with Gasteiger partial charge in [-0.15, -0.1) is 0 Å². The summed E-state index contributed by atoms with van der Waals surface area (Å²) < 4.78 is 0. The van der Waals surface area contributed by atoms with Crippen LogP contribution in [0.3, 0.4) is 0 Å². The largest absolute Gasteiger partial charge is 0.397 e. The molecule has 0 saturated heterocycles. The summed E-state index contributed by atoms with van der Waals surface area (Å²) in [4.78, 5) is 22.1. The second-order valence-corrected chi connectivity index (χ2v) is 4.61. The van der Waals surface area contributed by atoms with Gasteiger partial charge in [-0.1, -0.05) is 0 Å². The maximum Gasteiger partial charge on any atom is 0.230 e. The number of hydrogen-bond acceptors (Lipinski definition) is 5. The molecule has 3 N–H and O–H groups in total. The molecule has 1 amide bonds. The normalized spacial score (nSPS) is 10.1. The molecule has 0 aliphatic rings. The lowest BCUT2D eigenvalue weighted by Gasteiger charge is -2.11. The number of nitrogens with zero attached hydrogens (tertiary/aromatic N) is 3. The van der Waals surface area contributed by atoms with Gasteiger partial charge in [0.1, 0.15) is 5.82 Å². The molecule has 0 aromatic carbocycles. The van der Waals surface area contributed by atoms with Crippen molar-refractivity contribution in [2.45, 2.75) is 6.42 Å². The molecule has 2 aromatic heterocycles. The lowest BCUT2D eigenvalue weighted by molar-refractivity contribution is -0.115. The van der Waals surface area contributed by atoms with Crippen LogP contribution in [0.5, 0.6) is 0 Å². The average molecular weight is 271 g/mol. The van der Waals surface area contributed by atoms with Crippen LogP contribution >= 0.6 is 0 Å². The quantitative estimate of drug-likeness (QED) is 0.875.